The summed E-state index contributed by atoms with van der Waals surface area (Å²) in [5, 5.41) is 0. The maximum Gasteiger partial charge on any atom is 0.314 e. The minimum absolute atomic E-state index is 0.203. The lowest BCUT2D eigenvalue weighted by atomic mass is 9.96. The summed E-state index contributed by atoms with van der Waals surface area (Å²) in [5.74, 6) is 0.647. The Bertz CT molecular complexity index is 1070. The molecule has 2 aromatic rings. The van der Waals surface area contributed by atoms with Gasteiger partial charge in [0.1, 0.15) is 10.6 Å². The predicted octanol–water partition coefficient (Wildman–Crippen LogP) is 3.07. The minimum atomic E-state index is -3.63. The maximum absolute atomic E-state index is 12.6. The molecule has 0 aromatic heterocycles. The van der Waals surface area contributed by atoms with Gasteiger partial charge in [0.25, 0.3) is 10.0 Å². The molecule has 0 spiro atoms. The third-order valence-electron chi connectivity index (χ3n) is 5.28. The summed E-state index contributed by atoms with van der Waals surface area (Å²) < 4.78 is 34.1. The van der Waals surface area contributed by atoms with Crippen molar-refractivity contribution in [2.45, 2.75) is 31.6 Å². The number of rotatable bonds is 2. The summed E-state index contributed by atoms with van der Waals surface area (Å²) in [4.78, 5) is 14.8. The zero-order chi connectivity index (χ0) is 19.9. The van der Waals surface area contributed by atoms with Crippen molar-refractivity contribution in [1.82, 2.24) is 4.90 Å². The zero-order valence-electron chi connectivity index (χ0n) is 15.9. The Morgan fingerprint density at radius 3 is 2.54 bits per heavy atom. The Balaban J connectivity index is 1.43. The number of hydrogen-bond acceptors (Lipinski definition) is 5. The molecule has 2 aliphatic heterocycles. The molecule has 28 heavy (non-hydrogen) atoms. The average Bonchev–Trinajstić information content (AvgIpc) is 2.96. The molecule has 0 saturated carbocycles. The van der Waals surface area contributed by atoms with Crippen molar-refractivity contribution < 1.29 is 17.9 Å². The first-order valence-corrected chi connectivity index (χ1v) is 10.8. The van der Waals surface area contributed by atoms with Crippen LogP contribution in [0.5, 0.6) is 5.75 Å². The number of nitrogens with zero attached hydrogens (tertiary/aromatic N) is 2. The summed E-state index contributed by atoms with van der Waals surface area (Å²) in [6, 6.07) is 12.6. The van der Waals surface area contributed by atoms with Crippen LogP contribution in [0.3, 0.4) is 0 Å². The molecule has 0 bridgehead atoms. The van der Waals surface area contributed by atoms with Crippen LogP contribution in [0.4, 0.5) is 0 Å². The molecule has 2 heterocycles. The van der Waals surface area contributed by atoms with E-state index in [1.165, 1.54) is 0 Å². The van der Waals surface area contributed by atoms with E-state index in [1.807, 2.05) is 43.0 Å². The Hall–Kier alpha value is -2.67. The van der Waals surface area contributed by atoms with Gasteiger partial charge >= 0.3 is 5.97 Å². The van der Waals surface area contributed by atoms with Crippen molar-refractivity contribution in [3.05, 3.63) is 59.2 Å². The lowest BCUT2D eigenvalue weighted by Gasteiger charge is -2.32. The monoisotopic (exact) mass is 398 g/mol. The number of carbonyl (C=O) groups excluding carboxylic acids is 1. The van der Waals surface area contributed by atoms with Crippen molar-refractivity contribution in [1.29, 1.82) is 0 Å². The van der Waals surface area contributed by atoms with E-state index < -0.39 is 10.0 Å². The largest absolute Gasteiger partial charge is 0.426 e. The highest BCUT2D eigenvalue weighted by Crippen LogP contribution is 2.30. The lowest BCUT2D eigenvalue weighted by Crippen LogP contribution is -2.41. The molecule has 0 amide bonds. The Morgan fingerprint density at radius 1 is 1.11 bits per heavy atom. The van der Waals surface area contributed by atoms with Crippen LogP contribution in [-0.2, 0) is 14.8 Å². The van der Waals surface area contributed by atoms with E-state index >= 15 is 0 Å². The first-order valence-electron chi connectivity index (χ1n) is 9.33. The molecule has 4 rings (SSSR count). The molecule has 0 unspecified atom stereocenters. The van der Waals surface area contributed by atoms with Gasteiger partial charge in [0.2, 0.25) is 0 Å². The summed E-state index contributed by atoms with van der Waals surface area (Å²) >= 11 is 0. The number of ether oxygens (including phenoxy) is 1. The highest BCUT2D eigenvalue weighted by atomic mass is 32.2. The number of piperidine rings is 1. The quantitative estimate of drug-likeness (QED) is 0.574. The molecular weight excluding hydrogens is 376 g/mol. The van der Waals surface area contributed by atoms with Crippen LogP contribution in [0, 0.1) is 19.8 Å². The molecule has 2 aliphatic rings. The molecule has 6 nitrogen and oxygen atoms in total. The molecule has 0 atom stereocenters. The molecule has 2 aromatic carbocycles. The average molecular weight is 398 g/mol. The van der Waals surface area contributed by atoms with E-state index in [-0.39, 0.29) is 16.8 Å². The lowest BCUT2D eigenvalue weighted by molar-refractivity contribution is -0.140. The first kappa shape index (κ1) is 18.7. The van der Waals surface area contributed by atoms with Gasteiger partial charge in [-0.1, -0.05) is 29.8 Å². The van der Waals surface area contributed by atoms with E-state index in [0.29, 0.717) is 43.1 Å². The number of sulfonamides is 1. The molecule has 0 aliphatic carbocycles. The van der Waals surface area contributed by atoms with Gasteiger partial charge in [-0.3, -0.25) is 4.79 Å². The Kier molecular flexibility index (Phi) is 4.71. The topological polar surface area (TPSA) is 76.0 Å². The number of hydrogen-bond donors (Lipinski definition) is 0. The van der Waals surface area contributed by atoms with E-state index in [4.69, 9.17) is 4.74 Å². The summed E-state index contributed by atoms with van der Waals surface area (Å²) in [6.45, 7) is 5.05. The SMILES string of the molecule is Cc1ccc(OC(=O)C2CCN(C3=NS(=O)(=O)c4ccccc43)CC2)c(C)c1. The van der Waals surface area contributed by atoms with Crippen LogP contribution in [0.2, 0.25) is 0 Å². The molecule has 0 radical (unpaired) electrons. The first-order chi connectivity index (χ1) is 13.3. The van der Waals surface area contributed by atoms with Gasteiger partial charge in [0, 0.05) is 18.7 Å². The van der Waals surface area contributed by atoms with Crippen molar-refractivity contribution in [2.24, 2.45) is 10.3 Å². The number of esters is 1. The second-order valence-electron chi connectivity index (χ2n) is 7.34. The van der Waals surface area contributed by atoms with Crippen molar-refractivity contribution >= 4 is 21.8 Å². The van der Waals surface area contributed by atoms with E-state index in [1.54, 1.807) is 18.2 Å². The van der Waals surface area contributed by atoms with Crippen LogP contribution >= 0.6 is 0 Å². The number of fused-ring (bicyclic) bond motifs is 1. The normalized spacial score (nSPS) is 18.5. The van der Waals surface area contributed by atoms with Crippen LogP contribution < -0.4 is 4.74 Å². The molecule has 1 saturated heterocycles. The van der Waals surface area contributed by atoms with Crippen LogP contribution in [-0.4, -0.2) is 38.2 Å². The fourth-order valence-electron chi connectivity index (χ4n) is 3.75. The molecule has 146 valence electrons. The minimum Gasteiger partial charge on any atom is -0.426 e. The molecule has 1 fully saturated rings. The van der Waals surface area contributed by atoms with Crippen LogP contribution in [0.15, 0.2) is 51.8 Å². The van der Waals surface area contributed by atoms with E-state index in [9.17, 15) is 13.2 Å². The second-order valence-corrected chi connectivity index (χ2v) is 8.91. The summed E-state index contributed by atoms with van der Waals surface area (Å²) in [6.07, 6.45) is 1.20. The highest BCUT2D eigenvalue weighted by molar-refractivity contribution is 7.90. The van der Waals surface area contributed by atoms with Crippen LogP contribution in [0.1, 0.15) is 29.5 Å². The predicted molar refractivity (Wildman–Crippen MR) is 106 cm³/mol. The number of aryl methyl sites for hydroxylation is 2. The van der Waals surface area contributed by atoms with Gasteiger partial charge in [-0.05, 0) is 50.5 Å². The number of likely N-dealkylation sites (tertiary alicyclic amines) is 1. The standard InChI is InChI=1S/C21H22N2O4S/c1-14-7-8-18(15(2)13-14)27-21(24)16-9-11-23(12-10-16)20-17-5-3-4-6-19(17)28(25,26)22-20/h3-8,13,16H,9-12H2,1-2H3. The fraction of sp³-hybridized carbons (Fsp3) is 0.333. The van der Waals surface area contributed by atoms with Gasteiger partial charge in [-0.25, -0.2) is 0 Å². The van der Waals surface area contributed by atoms with Crippen LogP contribution in [0.25, 0.3) is 0 Å². The van der Waals surface area contributed by atoms with Gasteiger partial charge in [0.05, 0.1) is 5.92 Å². The van der Waals surface area contributed by atoms with Gasteiger partial charge in [-0.15, -0.1) is 4.40 Å². The number of benzene rings is 2. The Labute approximate surface area is 164 Å². The summed E-state index contributed by atoms with van der Waals surface area (Å²) in [5.41, 5.74) is 2.70. The molecule has 7 heteroatoms. The number of carbonyl (C=O) groups is 1. The fourth-order valence-corrected chi connectivity index (χ4v) is 4.98. The molecular formula is C21H22N2O4S. The Morgan fingerprint density at radius 2 is 1.82 bits per heavy atom. The van der Waals surface area contributed by atoms with Crippen molar-refractivity contribution in [3.8, 4) is 5.75 Å². The summed E-state index contributed by atoms with van der Waals surface area (Å²) in [7, 11) is -3.63. The van der Waals surface area contributed by atoms with E-state index in [2.05, 4.69) is 4.40 Å². The maximum atomic E-state index is 12.6. The van der Waals surface area contributed by atoms with Gasteiger partial charge < -0.3 is 9.64 Å². The zero-order valence-corrected chi connectivity index (χ0v) is 16.7. The highest BCUT2D eigenvalue weighted by Gasteiger charge is 2.34. The smallest absolute Gasteiger partial charge is 0.314 e. The van der Waals surface area contributed by atoms with Gasteiger partial charge in [0.15, 0.2) is 5.84 Å². The molecule has 0 N–H and O–H groups in total. The van der Waals surface area contributed by atoms with E-state index in [0.717, 1.165) is 11.1 Å². The van der Waals surface area contributed by atoms with Crippen molar-refractivity contribution in [3.63, 3.8) is 0 Å². The number of amidine groups is 1. The van der Waals surface area contributed by atoms with Crippen molar-refractivity contribution in [2.75, 3.05) is 13.1 Å². The van der Waals surface area contributed by atoms with Gasteiger partial charge in [-0.2, -0.15) is 8.42 Å². The third-order valence-corrected chi connectivity index (χ3v) is 6.61. The second kappa shape index (κ2) is 7.05. The third kappa shape index (κ3) is 3.42.